The van der Waals surface area contributed by atoms with Crippen LogP contribution >= 0.6 is 0 Å². The second kappa shape index (κ2) is 2.42. The highest BCUT2D eigenvalue weighted by atomic mass is 16.4. The number of rotatable bonds is 0. The van der Waals surface area contributed by atoms with Gasteiger partial charge in [-0.25, -0.2) is 0 Å². The zero-order valence-corrected chi connectivity index (χ0v) is 13.8. The predicted molar refractivity (Wildman–Crippen MR) is 82.0 cm³/mol. The Hall–Kier alpha value is -0.0800. The summed E-state index contributed by atoms with van der Waals surface area (Å²) in [5.74, 6) is 6.85. The highest BCUT2D eigenvalue weighted by Gasteiger charge is 3.10. The summed E-state index contributed by atoms with van der Waals surface area (Å²) in [5, 5.41) is 25.1. The van der Waals surface area contributed by atoms with E-state index in [4.69, 9.17) is 0 Å². The van der Waals surface area contributed by atoms with Crippen molar-refractivity contribution >= 4 is 0 Å². The lowest BCUT2D eigenvalue weighted by atomic mass is 9.59. The van der Waals surface area contributed by atoms with Crippen LogP contribution in [0.5, 0.6) is 0 Å². The molecule has 23 heavy (non-hydrogen) atoms. The van der Waals surface area contributed by atoms with E-state index in [1.807, 2.05) is 0 Å². The summed E-state index contributed by atoms with van der Waals surface area (Å²) >= 11 is 0. The van der Waals surface area contributed by atoms with Gasteiger partial charge in [0.1, 0.15) is 11.2 Å². The molecule has 0 aromatic heterocycles. The van der Waals surface area contributed by atoms with Gasteiger partial charge in [0.05, 0.1) is 0 Å². The molecule has 14 atom stereocenters. The molecule has 2 nitrogen and oxygen atoms in total. The van der Waals surface area contributed by atoms with Crippen LogP contribution in [0.15, 0.2) is 0 Å². The van der Waals surface area contributed by atoms with E-state index in [1.165, 1.54) is 38.5 Å². The molecule has 2 spiro atoms. The van der Waals surface area contributed by atoms with Crippen LogP contribution in [-0.2, 0) is 0 Å². The molecule has 0 radical (unpaired) electrons. The van der Waals surface area contributed by atoms with E-state index in [-0.39, 0.29) is 16.2 Å². The highest BCUT2D eigenvalue weighted by Crippen LogP contribution is 3.07. The van der Waals surface area contributed by atoms with E-state index in [0.717, 1.165) is 35.5 Å². The van der Waals surface area contributed by atoms with Gasteiger partial charge in [-0.05, 0) is 78.9 Å². The van der Waals surface area contributed by atoms with Crippen molar-refractivity contribution in [3.05, 3.63) is 0 Å². The Morgan fingerprint density at radius 3 is 2.35 bits per heavy atom. The molecule has 0 aromatic carbocycles. The summed E-state index contributed by atoms with van der Waals surface area (Å²) in [6.07, 6.45) is 7.85. The second-order valence-corrected chi connectivity index (χ2v) is 11.6. The minimum atomic E-state index is -0.710. The van der Waals surface area contributed by atoms with Crippen LogP contribution in [-0.4, -0.2) is 21.4 Å². The Labute approximate surface area is 137 Å². The molecule has 10 saturated carbocycles. The lowest BCUT2D eigenvalue weighted by Crippen LogP contribution is -2.64. The molecule has 10 fully saturated rings. The van der Waals surface area contributed by atoms with Crippen LogP contribution in [0.2, 0.25) is 0 Å². The minimum Gasteiger partial charge on any atom is -0.386 e. The van der Waals surface area contributed by atoms with Crippen molar-refractivity contribution in [1.82, 2.24) is 0 Å². The first-order chi connectivity index (χ1) is 11.0. The summed E-state index contributed by atoms with van der Waals surface area (Å²) in [5.41, 5.74) is -1.03. The van der Waals surface area contributed by atoms with E-state index in [2.05, 4.69) is 6.92 Å². The Morgan fingerprint density at radius 1 is 0.783 bits per heavy atom. The van der Waals surface area contributed by atoms with E-state index in [9.17, 15) is 10.2 Å². The maximum absolute atomic E-state index is 12.6. The van der Waals surface area contributed by atoms with E-state index < -0.39 is 11.2 Å². The number of hydrogen-bond acceptors (Lipinski definition) is 2. The highest BCUT2D eigenvalue weighted by molar-refractivity contribution is 5.58. The summed E-state index contributed by atoms with van der Waals surface area (Å²) in [4.78, 5) is 0. The van der Waals surface area contributed by atoms with Crippen LogP contribution in [0.25, 0.3) is 0 Å². The van der Waals surface area contributed by atoms with Crippen molar-refractivity contribution in [3.63, 3.8) is 0 Å². The van der Waals surface area contributed by atoms with Crippen molar-refractivity contribution in [2.75, 3.05) is 0 Å². The van der Waals surface area contributed by atoms with Crippen molar-refractivity contribution in [1.29, 1.82) is 0 Å². The third-order valence-corrected chi connectivity index (χ3v) is 13.0. The SMILES string of the molecule is C[C@@]12[C@H]3[C@@H]4[C@@H]5[C@@H]6[C@@H]7[C@H]4[C@@]4(CCC[C@H]34)[C@]1(O)[C@@]7(O)[C@@]1(CCC[C@@H]61)[C@@H]52. The van der Waals surface area contributed by atoms with Crippen LogP contribution in [0.1, 0.15) is 45.4 Å². The molecule has 10 aliphatic rings. The monoisotopic (exact) mass is 310 g/mol. The van der Waals surface area contributed by atoms with Gasteiger partial charge in [-0.15, -0.1) is 0 Å². The number of hydrogen-bond donors (Lipinski definition) is 2. The molecular weight excluding hydrogens is 284 g/mol. The maximum atomic E-state index is 12.6. The van der Waals surface area contributed by atoms with Gasteiger partial charge >= 0.3 is 0 Å². The van der Waals surface area contributed by atoms with Gasteiger partial charge in [0, 0.05) is 16.2 Å². The smallest absolute Gasteiger partial charge is 0.106 e. The first-order valence-corrected chi connectivity index (χ1v) is 10.5. The van der Waals surface area contributed by atoms with Gasteiger partial charge < -0.3 is 10.2 Å². The molecule has 0 amide bonds. The fourth-order valence-electron chi connectivity index (χ4n) is 14.4. The summed E-state index contributed by atoms with van der Waals surface area (Å²) in [6, 6.07) is 0. The molecule has 2 N–H and O–H groups in total. The van der Waals surface area contributed by atoms with Gasteiger partial charge in [-0.1, -0.05) is 19.8 Å². The normalized spacial score (nSPS) is 90.7. The molecular formula is C21H26O2. The quantitative estimate of drug-likeness (QED) is 0.721. The molecule has 2 heteroatoms. The number of aliphatic hydroxyl groups is 2. The third kappa shape index (κ3) is 0.532. The zero-order chi connectivity index (χ0) is 14.9. The largest absolute Gasteiger partial charge is 0.386 e. The van der Waals surface area contributed by atoms with Crippen LogP contribution < -0.4 is 0 Å². The lowest BCUT2D eigenvalue weighted by Gasteiger charge is -2.51. The van der Waals surface area contributed by atoms with Crippen LogP contribution in [0.4, 0.5) is 0 Å². The zero-order valence-electron chi connectivity index (χ0n) is 13.8. The Balaban J connectivity index is 1.55. The maximum Gasteiger partial charge on any atom is 0.106 e. The standard InChI is InChI=1S/C21H26O2/c1-17-13-9-5-3-6-18(9)14-12(13)11-10-8-4-2-7-19(8,16(11)17)20(22,15(10)14)21(17,18)23/h8-16,22-23H,2-7H2,1H3/t8-,9+,10+,11-,12-,13+,14-,15+,16-,17-,18-,19+,20-,21-/m0/s1. The lowest BCUT2D eigenvalue weighted by molar-refractivity contribution is -0.224. The van der Waals surface area contributed by atoms with Crippen LogP contribution in [0, 0.1) is 69.5 Å². The first kappa shape index (κ1) is 11.5. The summed E-state index contributed by atoms with van der Waals surface area (Å²) in [6.45, 7) is 2.48. The molecule has 10 rings (SSSR count). The van der Waals surface area contributed by atoms with Crippen molar-refractivity contribution < 1.29 is 10.2 Å². The van der Waals surface area contributed by atoms with Gasteiger partial charge in [0.2, 0.25) is 0 Å². The minimum absolute atomic E-state index is 0.0707. The molecule has 4 bridgehead atoms. The van der Waals surface area contributed by atoms with Gasteiger partial charge in [0.15, 0.2) is 0 Å². The Morgan fingerprint density at radius 2 is 1.52 bits per heavy atom. The predicted octanol–water partition coefficient (Wildman–Crippen LogP) is 2.44. The molecule has 122 valence electrons. The van der Waals surface area contributed by atoms with Crippen molar-refractivity contribution in [3.8, 4) is 0 Å². The third-order valence-electron chi connectivity index (χ3n) is 13.0. The van der Waals surface area contributed by atoms with Gasteiger partial charge in [-0.3, -0.25) is 0 Å². The summed E-state index contributed by atoms with van der Waals surface area (Å²) in [7, 11) is 0. The molecule has 10 aliphatic carbocycles. The fourth-order valence-corrected chi connectivity index (χ4v) is 14.4. The molecule has 0 heterocycles. The molecule has 0 aliphatic heterocycles. The first-order valence-electron chi connectivity index (χ1n) is 10.5. The molecule has 0 aromatic rings. The average molecular weight is 310 g/mol. The van der Waals surface area contributed by atoms with Crippen LogP contribution in [0.3, 0.4) is 0 Å². The van der Waals surface area contributed by atoms with E-state index in [1.54, 1.807) is 0 Å². The average Bonchev–Trinajstić information content (AvgIpc) is 3.26. The van der Waals surface area contributed by atoms with E-state index >= 15 is 0 Å². The fraction of sp³-hybridized carbons (Fsp3) is 1.00. The van der Waals surface area contributed by atoms with Gasteiger partial charge in [-0.2, -0.15) is 0 Å². The Bertz CT molecular complexity index is 761. The summed E-state index contributed by atoms with van der Waals surface area (Å²) < 4.78 is 0. The van der Waals surface area contributed by atoms with Crippen molar-refractivity contribution in [2.24, 2.45) is 69.5 Å². The van der Waals surface area contributed by atoms with Gasteiger partial charge in [0.25, 0.3) is 0 Å². The Kier molecular flexibility index (Phi) is 1.21. The van der Waals surface area contributed by atoms with E-state index in [0.29, 0.717) is 17.8 Å². The van der Waals surface area contributed by atoms with Crippen molar-refractivity contribution in [2.45, 2.75) is 56.7 Å². The second-order valence-electron chi connectivity index (χ2n) is 11.6. The molecule has 0 saturated heterocycles. The molecule has 0 unspecified atom stereocenters. The topological polar surface area (TPSA) is 40.5 Å².